The molecule has 1 aliphatic carbocycles. The summed E-state index contributed by atoms with van der Waals surface area (Å²) in [6.45, 7) is 6.61. The van der Waals surface area contributed by atoms with Crippen LogP contribution < -0.4 is 4.74 Å². The second-order valence-corrected chi connectivity index (χ2v) is 9.93. The first kappa shape index (κ1) is 23.4. The van der Waals surface area contributed by atoms with Crippen molar-refractivity contribution in [3.8, 4) is 17.2 Å². The van der Waals surface area contributed by atoms with Crippen molar-refractivity contribution in [2.75, 3.05) is 13.7 Å². The summed E-state index contributed by atoms with van der Waals surface area (Å²) in [5.41, 5.74) is 3.82. The molecule has 35 heavy (non-hydrogen) atoms. The van der Waals surface area contributed by atoms with E-state index < -0.39 is 5.97 Å². The fraction of sp³-hybridized carbons (Fsp3) is 0.379. The Labute approximate surface area is 204 Å². The van der Waals surface area contributed by atoms with Crippen LogP contribution in [0.2, 0.25) is 0 Å². The van der Waals surface area contributed by atoms with Gasteiger partial charge in [-0.3, -0.25) is 0 Å². The molecule has 6 nitrogen and oxygen atoms in total. The summed E-state index contributed by atoms with van der Waals surface area (Å²) in [5, 5.41) is 11.7. The molecule has 6 heteroatoms. The van der Waals surface area contributed by atoms with Crippen LogP contribution in [0.25, 0.3) is 33.3 Å². The molecule has 2 heterocycles. The van der Waals surface area contributed by atoms with E-state index in [1.165, 1.54) is 0 Å². The minimum absolute atomic E-state index is 0.0569. The zero-order chi connectivity index (χ0) is 24.7. The number of pyridine rings is 1. The topological polar surface area (TPSA) is 81.8 Å². The van der Waals surface area contributed by atoms with Gasteiger partial charge in [-0.05, 0) is 76.1 Å². The first-order valence-electron chi connectivity index (χ1n) is 12.1. The van der Waals surface area contributed by atoms with Crippen molar-refractivity contribution < 1.29 is 23.8 Å². The fourth-order valence-corrected chi connectivity index (χ4v) is 5.13. The van der Waals surface area contributed by atoms with Gasteiger partial charge < -0.3 is 19.0 Å². The van der Waals surface area contributed by atoms with Gasteiger partial charge in [-0.15, -0.1) is 0 Å². The van der Waals surface area contributed by atoms with Gasteiger partial charge >= 0.3 is 5.97 Å². The fourth-order valence-electron chi connectivity index (χ4n) is 5.13. The van der Waals surface area contributed by atoms with Crippen LogP contribution in [0.3, 0.4) is 0 Å². The molecule has 182 valence electrons. The van der Waals surface area contributed by atoms with E-state index in [2.05, 4.69) is 6.92 Å². The number of carboxylic acids is 1. The van der Waals surface area contributed by atoms with E-state index in [1.807, 2.05) is 50.2 Å². The summed E-state index contributed by atoms with van der Waals surface area (Å²) in [6, 6.07) is 13.2. The summed E-state index contributed by atoms with van der Waals surface area (Å²) >= 11 is 0. The zero-order valence-electron chi connectivity index (χ0n) is 20.7. The molecule has 1 saturated carbocycles. The predicted molar refractivity (Wildman–Crippen MR) is 136 cm³/mol. The Morgan fingerprint density at radius 1 is 1.17 bits per heavy atom. The molecule has 2 aromatic carbocycles. The van der Waals surface area contributed by atoms with Gasteiger partial charge in [0.15, 0.2) is 5.76 Å². The molecule has 0 amide bonds. The SMILES string of the molecule is CO[C@]1(C)CC[C@H](COc2ccc(C)c3nc(-c4oc5ccccc5c4C)cc(C(=O)O)c23)CC1. The molecule has 1 fully saturated rings. The van der Waals surface area contributed by atoms with Crippen molar-refractivity contribution in [3.63, 3.8) is 0 Å². The number of carboxylic acid groups (broad SMARTS) is 1. The number of benzene rings is 2. The van der Waals surface area contributed by atoms with E-state index in [4.69, 9.17) is 18.9 Å². The minimum atomic E-state index is -1.02. The third kappa shape index (κ3) is 4.27. The molecule has 0 spiro atoms. The molecule has 2 aromatic heterocycles. The van der Waals surface area contributed by atoms with Crippen molar-refractivity contribution in [2.45, 2.75) is 52.1 Å². The van der Waals surface area contributed by atoms with Gasteiger partial charge in [-0.1, -0.05) is 24.3 Å². The summed E-state index contributed by atoms with van der Waals surface area (Å²) in [5.74, 6) is 0.540. The number of fused-ring (bicyclic) bond motifs is 2. The maximum absolute atomic E-state index is 12.4. The molecule has 5 rings (SSSR count). The smallest absolute Gasteiger partial charge is 0.336 e. The monoisotopic (exact) mass is 473 g/mol. The Balaban J connectivity index is 1.53. The maximum Gasteiger partial charge on any atom is 0.336 e. The van der Waals surface area contributed by atoms with E-state index in [0.29, 0.717) is 40.6 Å². The minimum Gasteiger partial charge on any atom is -0.493 e. The highest BCUT2D eigenvalue weighted by molar-refractivity contribution is 6.07. The Morgan fingerprint density at radius 2 is 1.91 bits per heavy atom. The molecule has 4 aromatic rings. The largest absolute Gasteiger partial charge is 0.493 e. The van der Waals surface area contributed by atoms with Crippen LogP contribution in [0.4, 0.5) is 0 Å². The summed E-state index contributed by atoms with van der Waals surface area (Å²) < 4.78 is 18.0. The lowest BCUT2D eigenvalue weighted by molar-refractivity contribution is -0.0377. The first-order valence-corrected chi connectivity index (χ1v) is 12.1. The van der Waals surface area contributed by atoms with Crippen molar-refractivity contribution in [3.05, 3.63) is 59.2 Å². The van der Waals surface area contributed by atoms with Crippen molar-refractivity contribution in [1.82, 2.24) is 4.98 Å². The van der Waals surface area contributed by atoms with Gasteiger partial charge in [0.1, 0.15) is 17.0 Å². The van der Waals surface area contributed by atoms with Crippen molar-refractivity contribution >= 4 is 27.8 Å². The van der Waals surface area contributed by atoms with Crippen LogP contribution in [0, 0.1) is 19.8 Å². The number of hydrogen-bond donors (Lipinski definition) is 1. The highest BCUT2D eigenvalue weighted by Gasteiger charge is 2.31. The second-order valence-electron chi connectivity index (χ2n) is 9.93. The number of nitrogens with zero attached hydrogens (tertiary/aromatic N) is 1. The number of hydrogen-bond acceptors (Lipinski definition) is 5. The van der Waals surface area contributed by atoms with Gasteiger partial charge in [0.25, 0.3) is 0 Å². The molecule has 0 unspecified atom stereocenters. The number of furan rings is 1. The third-order valence-corrected chi connectivity index (χ3v) is 7.56. The molecule has 0 saturated heterocycles. The molecule has 0 aliphatic heterocycles. The average molecular weight is 474 g/mol. The Hall–Kier alpha value is -3.38. The molecule has 1 aliphatic rings. The highest BCUT2D eigenvalue weighted by atomic mass is 16.5. The Kier molecular flexibility index (Phi) is 6.01. The number of ether oxygens (including phenoxy) is 2. The van der Waals surface area contributed by atoms with E-state index in [0.717, 1.165) is 47.8 Å². The van der Waals surface area contributed by atoms with Gasteiger partial charge in [0.05, 0.1) is 28.7 Å². The normalized spacial score (nSPS) is 20.4. The number of aryl methyl sites for hydroxylation is 2. The predicted octanol–water partition coefficient (Wildman–Crippen LogP) is 6.94. The van der Waals surface area contributed by atoms with E-state index in [9.17, 15) is 9.90 Å². The lowest BCUT2D eigenvalue weighted by Crippen LogP contribution is -2.34. The number of carbonyl (C=O) groups is 1. The zero-order valence-corrected chi connectivity index (χ0v) is 20.7. The van der Waals surface area contributed by atoms with Gasteiger partial charge in [-0.25, -0.2) is 9.78 Å². The Bertz CT molecular complexity index is 1410. The van der Waals surface area contributed by atoms with Crippen LogP contribution >= 0.6 is 0 Å². The number of para-hydroxylation sites is 1. The van der Waals surface area contributed by atoms with Crippen LogP contribution in [0.15, 0.2) is 46.9 Å². The molecular weight excluding hydrogens is 442 g/mol. The lowest BCUT2D eigenvalue weighted by atomic mass is 9.80. The second kappa shape index (κ2) is 9.00. The maximum atomic E-state index is 12.4. The average Bonchev–Trinajstić information content (AvgIpc) is 3.20. The number of rotatable bonds is 6. The molecule has 0 atom stereocenters. The lowest BCUT2D eigenvalue weighted by Gasteiger charge is -2.36. The van der Waals surface area contributed by atoms with E-state index >= 15 is 0 Å². The van der Waals surface area contributed by atoms with E-state index in [-0.39, 0.29) is 11.2 Å². The van der Waals surface area contributed by atoms with Crippen LogP contribution in [-0.4, -0.2) is 35.4 Å². The Morgan fingerprint density at radius 3 is 2.60 bits per heavy atom. The van der Waals surface area contributed by atoms with Crippen LogP contribution in [0.1, 0.15) is 54.1 Å². The molecule has 0 bridgehead atoms. The quantitative estimate of drug-likeness (QED) is 0.327. The van der Waals surface area contributed by atoms with Gasteiger partial charge in [0, 0.05) is 18.1 Å². The van der Waals surface area contributed by atoms with E-state index in [1.54, 1.807) is 13.2 Å². The third-order valence-electron chi connectivity index (χ3n) is 7.56. The van der Waals surface area contributed by atoms with Crippen molar-refractivity contribution in [1.29, 1.82) is 0 Å². The van der Waals surface area contributed by atoms with Gasteiger partial charge in [-0.2, -0.15) is 0 Å². The number of aromatic nitrogens is 1. The summed E-state index contributed by atoms with van der Waals surface area (Å²) in [6.07, 6.45) is 4.03. The molecule has 0 radical (unpaired) electrons. The number of aromatic carboxylic acids is 1. The molecular formula is C29H31NO5. The number of methoxy groups -OCH3 is 1. The highest BCUT2D eigenvalue weighted by Crippen LogP contribution is 2.38. The first-order chi connectivity index (χ1) is 16.8. The molecule has 1 N–H and O–H groups in total. The summed E-state index contributed by atoms with van der Waals surface area (Å²) in [4.78, 5) is 17.3. The van der Waals surface area contributed by atoms with Crippen molar-refractivity contribution in [2.24, 2.45) is 5.92 Å². The van der Waals surface area contributed by atoms with Crippen LogP contribution in [-0.2, 0) is 4.74 Å². The summed E-state index contributed by atoms with van der Waals surface area (Å²) in [7, 11) is 1.77. The van der Waals surface area contributed by atoms with Crippen LogP contribution in [0.5, 0.6) is 5.75 Å². The van der Waals surface area contributed by atoms with Gasteiger partial charge in [0.2, 0.25) is 0 Å². The standard InChI is InChI=1S/C29H31NO5/c1-17-9-10-24(34-16-19-11-13-29(3,33-4)14-12-19)25-21(28(31)32)15-22(30-26(17)25)27-18(2)20-7-5-6-8-23(20)35-27/h5-10,15,19H,11-14,16H2,1-4H3,(H,31,32)/t19-,29+.